The first-order chi connectivity index (χ1) is 7.15. The van der Waals surface area contributed by atoms with Crippen LogP contribution in [0, 0.1) is 0 Å². The highest BCUT2D eigenvalue weighted by atomic mass is 35.5. The SMILES string of the molecule is O=C(O)C(CO)N(Cl)Cc1ccccc1. The fraction of sp³-hybridized carbons (Fsp3) is 0.300. The summed E-state index contributed by atoms with van der Waals surface area (Å²) < 4.78 is 1.08. The highest BCUT2D eigenvalue weighted by Crippen LogP contribution is 2.10. The average molecular weight is 230 g/mol. The third kappa shape index (κ3) is 3.51. The van der Waals surface area contributed by atoms with Crippen LogP contribution in [0.4, 0.5) is 0 Å². The molecule has 0 spiro atoms. The summed E-state index contributed by atoms with van der Waals surface area (Å²) in [5, 5.41) is 17.6. The van der Waals surface area contributed by atoms with Gasteiger partial charge in [-0.3, -0.25) is 4.79 Å². The van der Waals surface area contributed by atoms with Gasteiger partial charge in [0.25, 0.3) is 0 Å². The minimum absolute atomic E-state index is 0.278. The van der Waals surface area contributed by atoms with E-state index in [-0.39, 0.29) is 6.54 Å². The van der Waals surface area contributed by atoms with Gasteiger partial charge in [0.15, 0.2) is 0 Å². The van der Waals surface area contributed by atoms with E-state index < -0.39 is 18.6 Å². The number of hydrogen-bond acceptors (Lipinski definition) is 3. The summed E-state index contributed by atoms with van der Waals surface area (Å²) in [6.07, 6.45) is 0. The molecule has 0 bridgehead atoms. The maximum Gasteiger partial charge on any atom is 0.324 e. The van der Waals surface area contributed by atoms with Gasteiger partial charge in [0.2, 0.25) is 0 Å². The van der Waals surface area contributed by atoms with E-state index in [4.69, 9.17) is 22.0 Å². The molecule has 0 aliphatic heterocycles. The number of carboxylic acids is 1. The number of carbonyl (C=O) groups is 1. The first kappa shape index (κ1) is 12.0. The molecule has 0 aromatic heterocycles. The molecule has 82 valence electrons. The minimum atomic E-state index is -1.14. The summed E-state index contributed by atoms with van der Waals surface area (Å²) in [6, 6.07) is 8.15. The van der Waals surface area contributed by atoms with Crippen molar-refractivity contribution >= 4 is 17.7 Å². The van der Waals surface area contributed by atoms with Crippen molar-refractivity contribution in [2.75, 3.05) is 6.61 Å². The zero-order valence-electron chi connectivity index (χ0n) is 8.01. The summed E-state index contributed by atoms with van der Waals surface area (Å²) in [7, 11) is 0. The molecule has 1 rings (SSSR count). The van der Waals surface area contributed by atoms with Crippen molar-refractivity contribution in [3.8, 4) is 0 Å². The monoisotopic (exact) mass is 229 g/mol. The second-order valence-corrected chi connectivity index (χ2v) is 3.51. The van der Waals surface area contributed by atoms with E-state index in [2.05, 4.69) is 0 Å². The Morgan fingerprint density at radius 1 is 1.40 bits per heavy atom. The molecule has 2 N–H and O–H groups in total. The van der Waals surface area contributed by atoms with Crippen LogP contribution in [-0.2, 0) is 11.3 Å². The van der Waals surface area contributed by atoms with Crippen LogP contribution in [0.15, 0.2) is 30.3 Å². The molecule has 1 aromatic carbocycles. The molecule has 0 aliphatic rings. The molecule has 5 heteroatoms. The number of rotatable bonds is 5. The summed E-state index contributed by atoms with van der Waals surface area (Å²) in [6.45, 7) is -0.231. The van der Waals surface area contributed by atoms with Crippen LogP contribution >= 0.6 is 11.8 Å². The molecule has 0 saturated heterocycles. The molecule has 0 saturated carbocycles. The molecule has 1 aromatic rings. The van der Waals surface area contributed by atoms with Crippen molar-refractivity contribution in [3.63, 3.8) is 0 Å². The van der Waals surface area contributed by atoms with Crippen molar-refractivity contribution in [2.45, 2.75) is 12.6 Å². The van der Waals surface area contributed by atoms with Gasteiger partial charge in [0.05, 0.1) is 6.61 Å². The summed E-state index contributed by atoms with van der Waals surface area (Å²) >= 11 is 5.77. The van der Waals surface area contributed by atoms with Crippen molar-refractivity contribution in [2.24, 2.45) is 0 Å². The number of aliphatic hydroxyl groups excluding tert-OH is 1. The predicted molar refractivity (Wildman–Crippen MR) is 56.3 cm³/mol. The van der Waals surface area contributed by atoms with Crippen LogP contribution in [0.5, 0.6) is 0 Å². The Balaban J connectivity index is 2.62. The minimum Gasteiger partial charge on any atom is -0.480 e. The summed E-state index contributed by atoms with van der Waals surface area (Å²) in [4.78, 5) is 10.7. The number of halogens is 1. The van der Waals surface area contributed by atoms with Crippen LogP contribution in [0.2, 0.25) is 0 Å². The molecule has 0 radical (unpaired) electrons. The molecule has 0 heterocycles. The molecule has 15 heavy (non-hydrogen) atoms. The molecule has 0 amide bonds. The zero-order valence-corrected chi connectivity index (χ0v) is 8.76. The van der Waals surface area contributed by atoms with Crippen molar-refractivity contribution in [1.82, 2.24) is 4.42 Å². The number of aliphatic hydroxyl groups is 1. The standard InChI is InChI=1S/C10H12ClNO3/c11-12(9(7-13)10(14)15)6-8-4-2-1-3-5-8/h1-5,9,13H,6-7H2,(H,14,15). The van der Waals surface area contributed by atoms with E-state index in [9.17, 15) is 4.79 Å². The molecular weight excluding hydrogens is 218 g/mol. The van der Waals surface area contributed by atoms with Gasteiger partial charge < -0.3 is 10.2 Å². The predicted octanol–water partition coefficient (Wildman–Crippen LogP) is 1.09. The van der Waals surface area contributed by atoms with Gasteiger partial charge in [0, 0.05) is 6.54 Å². The Kier molecular flexibility index (Phi) is 4.55. The van der Waals surface area contributed by atoms with E-state index >= 15 is 0 Å². The van der Waals surface area contributed by atoms with Crippen LogP contribution in [0.1, 0.15) is 5.56 Å². The third-order valence-corrected chi connectivity index (χ3v) is 2.33. The van der Waals surface area contributed by atoms with Gasteiger partial charge in [-0.15, -0.1) is 0 Å². The van der Waals surface area contributed by atoms with Gasteiger partial charge >= 0.3 is 5.97 Å². The molecule has 0 aliphatic carbocycles. The normalized spacial score (nSPS) is 12.7. The molecule has 4 nitrogen and oxygen atoms in total. The number of hydrogen-bond donors (Lipinski definition) is 2. The summed E-state index contributed by atoms with van der Waals surface area (Å²) in [5.74, 6) is -1.14. The van der Waals surface area contributed by atoms with Gasteiger partial charge in [-0.25, -0.2) is 0 Å². The van der Waals surface area contributed by atoms with Gasteiger partial charge in [-0.05, 0) is 17.3 Å². The van der Waals surface area contributed by atoms with E-state index in [1.165, 1.54) is 0 Å². The van der Waals surface area contributed by atoms with Crippen molar-refractivity contribution < 1.29 is 15.0 Å². The number of carboxylic acid groups (broad SMARTS) is 1. The quantitative estimate of drug-likeness (QED) is 0.742. The first-order valence-corrected chi connectivity index (χ1v) is 4.79. The second kappa shape index (κ2) is 5.70. The van der Waals surface area contributed by atoms with Crippen LogP contribution < -0.4 is 0 Å². The number of benzene rings is 1. The van der Waals surface area contributed by atoms with E-state index in [0.29, 0.717) is 0 Å². The van der Waals surface area contributed by atoms with Crippen molar-refractivity contribution in [1.29, 1.82) is 0 Å². The van der Waals surface area contributed by atoms with E-state index in [1.54, 1.807) is 0 Å². The fourth-order valence-electron chi connectivity index (χ4n) is 1.15. The van der Waals surface area contributed by atoms with E-state index in [1.807, 2.05) is 30.3 Å². The Hall–Kier alpha value is -1.10. The molecule has 1 atom stereocenters. The van der Waals surface area contributed by atoms with Gasteiger partial charge in [-0.1, -0.05) is 30.3 Å². The fourth-order valence-corrected chi connectivity index (χ4v) is 1.44. The van der Waals surface area contributed by atoms with Gasteiger partial charge in [0.1, 0.15) is 6.04 Å². The van der Waals surface area contributed by atoms with Crippen LogP contribution in [-0.4, -0.2) is 33.3 Å². The first-order valence-electron chi connectivity index (χ1n) is 4.45. The largest absolute Gasteiger partial charge is 0.480 e. The molecule has 1 unspecified atom stereocenters. The highest BCUT2D eigenvalue weighted by molar-refractivity contribution is 6.14. The zero-order chi connectivity index (χ0) is 11.3. The maximum atomic E-state index is 10.7. The molecule has 0 fully saturated rings. The Labute approximate surface area is 92.8 Å². The lowest BCUT2D eigenvalue weighted by molar-refractivity contribution is -0.142. The van der Waals surface area contributed by atoms with Gasteiger partial charge in [-0.2, -0.15) is 4.42 Å². The number of aliphatic carboxylic acids is 1. The highest BCUT2D eigenvalue weighted by Gasteiger charge is 2.23. The third-order valence-electron chi connectivity index (χ3n) is 1.97. The average Bonchev–Trinajstić information content (AvgIpc) is 2.19. The Morgan fingerprint density at radius 2 is 2.00 bits per heavy atom. The summed E-state index contributed by atoms with van der Waals surface area (Å²) in [5.41, 5.74) is 0.896. The second-order valence-electron chi connectivity index (χ2n) is 3.08. The lowest BCUT2D eigenvalue weighted by Gasteiger charge is -2.19. The van der Waals surface area contributed by atoms with Crippen molar-refractivity contribution in [3.05, 3.63) is 35.9 Å². The molecular formula is C10H12ClNO3. The lowest BCUT2D eigenvalue weighted by Crippen LogP contribution is -2.37. The number of nitrogens with zero attached hydrogens (tertiary/aromatic N) is 1. The van der Waals surface area contributed by atoms with E-state index in [0.717, 1.165) is 9.98 Å². The lowest BCUT2D eigenvalue weighted by atomic mass is 10.2. The maximum absolute atomic E-state index is 10.7. The topological polar surface area (TPSA) is 60.8 Å². The Bertz CT molecular complexity index is 318. The van der Waals surface area contributed by atoms with Crippen LogP contribution in [0.25, 0.3) is 0 Å². The smallest absolute Gasteiger partial charge is 0.324 e. The Morgan fingerprint density at radius 3 is 2.47 bits per heavy atom. The van der Waals surface area contributed by atoms with Crippen LogP contribution in [0.3, 0.4) is 0 Å².